The summed E-state index contributed by atoms with van der Waals surface area (Å²) in [5.74, 6) is -0.619. The number of benzene rings is 2. The van der Waals surface area contributed by atoms with Gasteiger partial charge in [0.15, 0.2) is 0 Å². The van der Waals surface area contributed by atoms with Crippen molar-refractivity contribution in [2.45, 2.75) is 105 Å². The van der Waals surface area contributed by atoms with Crippen LogP contribution in [0.1, 0.15) is 93.7 Å². The Kier molecular flexibility index (Phi) is 13.2. The Bertz CT molecular complexity index is 1170. The molecule has 0 aliphatic carbocycles. The number of nitrogens with zero attached hydrogens (tertiary/aromatic N) is 1. The van der Waals surface area contributed by atoms with Gasteiger partial charge in [0.1, 0.15) is 17.7 Å². The molecule has 0 aliphatic rings. The number of alkyl carbamates (subject to hydrolysis) is 1. The van der Waals surface area contributed by atoms with Gasteiger partial charge < -0.3 is 20.3 Å². The van der Waals surface area contributed by atoms with E-state index in [0.29, 0.717) is 12.1 Å². The van der Waals surface area contributed by atoms with Gasteiger partial charge >= 0.3 is 6.09 Å². The third-order valence-corrected chi connectivity index (χ3v) is 7.46. The van der Waals surface area contributed by atoms with Crippen molar-refractivity contribution in [3.63, 3.8) is 0 Å². The number of anilines is 1. The third kappa shape index (κ3) is 10.4. The largest absolute Gasteiger partial charge is 0.444 e. The van der Waals surface area contributed by atoms with Crippen LogP contribution in [-0.2, 0) is 14.3 Å². The molecule has 41 heavy (non-hydrogen) atoms. The van der Waals surface area contributed by atoms with E-state index in [9.17, 15) is 14.4 Å². The molecule has 0 spiro atoms. The lowest BCUT2D eigenvalue weighted by atomic mass is 9.97. The summed E-state index contributed by atoms with van der Waals surface area (Å²) >= 11 is 4.40. The maximum atomic E-state index is 14.2. The number of carbonyl (C=O) groups excluding carboxylic acids is 3. The van der Waals surface area contributed by atoms with Crippen molar-refractivity contribution in [2.75, 3.05) is 17.6 Å². The number of thiol groups is 1. The molecular formula is C33H49N3O4S. The SMILES string of the molecule is CCCCCCCN(C(=O)C(CS)NC(=O)OC(C)(C)C)C(C(=O)Nc1c(C)cccc1C)c1ccc(C)c(C)c1. The molecule has 0 radical (unpaired) electrons. The molecule has 0 aliphatic heterocycles. The van der Waals surface area contributed by atoms with Crippen LogP contribution in [0.4, 0.5) is 10.5 Å². The van der Waals surface area contributed by atoms with E-state index < -0.39 is 23.8 Å². The standard InChI is InChI=1S/C33H49N3O4S/c1-9-10-11-12-13-19-36(31(38)27(21-41)34-32(39)40-33(6,7)8)29(26-18-17-22(2)25(5)20-26)30(37)35-28-23(3)15-14-16-24(28)4/h14-18,20,27,29,41H,9-13,19,21H2,1-8H3,(H,34,39)(H,35,37). The van der Waals surface area contributed by atoms with E-state index >= 15 is 0 Å². The molecule has 0 saturated heterocycles. The second kappa shape index (κ2) is 15.9. The van der Waals surface area contributed by atoms with Crippen molar-refractivity contribution >= 4 is 36.2 Å². The van der Waals surface area contributed by atoms with E-state index in [1.54, 1.807) is 25.7 Å². The molecule has 2 aromatic rings. The lowest BCUT2D eigenvalue weighted by molar-refractivity contribution is -0.140. The molecule has 2 rings (SSSR count). The Labute approximate surface area is 252 Å². The number of hydrogen-bond acceptors (Lipinski definition) is 5. The predicted molar refractivity (Wildman–Crippen MR) is 171 cm³/mol. The Morgan fingerprint density at radius 1 is 0.902 bits per heavy atom. The number of aryl methyl sites for hydroxylation is 4. The zero-order valence-corrected chi connectivity index (χ0v) is 27.0. The first kappa shape index (κ1) is 34.2. The molecule has 3 amide bonds. The van der Waals surface area contributed by atoms with Gasteiger partial charge in [-0.1, -0.05) is 69.0 Å². The van der Waals surface area contributed by atoms with Crippen molar-refractivity contribution in [3.05, 3.63) is 64.2 Å². The van der Waals surface area contributed by atoms with Crippen LogP contribution in [0.25, 0.3) is 0 Å². The average molecular weight is 584 g/mol. The molecule has 0 saturated carbocycles. The highest BCUT2D eigenvalue weighted by atomic mass is 32.1. The summed E-state index contributed by atoms with van der Waals surface area (Å²) in [5.41, 5.74) is 4.73. The van der Waals surface area contributed by atoms with Gasteiger partial charge in [-0.25, -0.2) is 4.79 Å². The number of hydrogen-bond donors (Lipinski definition) is 3. The van der Waals surface area contributed by atoms with E-state index in [1.165, 1.54) is 0 Å². The summed E-state index contributed by atoms with van der Waals surface area (Å²) < 4.78 is 5.42. The molecule has 0 bridgehead atoms. The van der Waals surface area contributed by atoms with Crippen molar-refractivity contribution < 1.29 is 19.1 Å². The summed E-state index contributed by atoms with van der Waals surface area (Å²) in [6, 6.07) is 9.83. The maximum absolute atomic E-state index is 14.2. The van der Waals surface area contributed by atoms with Crippen LogP contribution in [0.3, 0.4) is 0 Å². The number of unbranched alkanes of at least 4 members (excludes halogenated alkanes) is 4. The van der Waals surface area contributed by atoms with Crippen LogP contribution in [0, 0.1) is 27.7 Å². The molecule has 8 heteroatoms. The maximum Gasteiger partial charge on any atom is 0.408 e. The molecule has 2 unspecified atom stereocenters. The van der Waals surface area contributed by atoms with Crippen LogP contribution >= 0.6 is 12.6 Å². The molecule has 2 aromatic carbocycles. The van der Waals surface area contributed by atoms with E-state index in [4.69, 9.17) is 4.74 Å². The second-order valence-electron chi connectivity index (χ2n) is 11.8. The van der Waals surface area contributed by atoms with Crippen LogP contribution in [-0.4, -0.2) is 46.7 Å². The van der Waals surface area contributed by atoms with E-state index in [2.05, 4.69) is 30.2 Å². The first-order valence-corrected chi connectivity index (χ1v) is 15.3. The summed E-state index contributed by atoms with van der Waals surface area (Å²) in [6.45, 7) is 15.7. The first-order valence-electron chi connectivity index (χ1n) is 14.6. The van der Waals surface area contributed by atoms with Crippen molar-refractivity contribution in [3.8, 4) is 0 Å². The van der Waals surface area contributed by atoms with Gasteiger partial charge in [-0.3, -0.25) is 9.59 Å². The van der Waals surface area contributed by atoms with Gasteiger partial charge in [0, 0.05) is 18.0 Å². The molecule has 226 valence electrons. The number of rotatable bonds is 13. The number of para-hydroxylation sites is 1. The highest BCUT2D eigenvalue weighted by Gasteiger charge is 2.36. The quantitative estimate of drug-likeness (QED) is 0.172. The third-order valence-electron chi connectivity index (χ3n) is 7.09. The molecule has 2 atom stereocenters. The predicted octanol–water partition coefficient (Wildman–Crippen LogP) is 7.22. The van der Waals surface area contributed by atoms with Gasteiger partial charge in [0.05, 0.1) is 0 Å². The van der Waals surface area contributed by atoms with Crippen molar-refractivity contribution in [1.82, 2.24) is 10.2 Å². The smallest absolute Gasteiger partial charge is 0.408 e. The van der Waals surface area contributed by atoms with Gasteiger partial charge in [0.25, 0.3) is 5.91 Å². The molecule has 0 heterocycles. The Morgan fingerprint density at radius 3 is 2.10 bits per heavy atom. The van der Waals surface area contributed by atoms with E-state index in [0.717, 1.165) is 60.0 Å². The van der Waals surface area contributed by atoms with Gasteiger partial charge in [0.2, 0.25) is 5.91 Å². The number of nitrogens with one attached hydrogen (secondary N) is 2. The lowest BCUT2D eigenvalue weighted by Crippen LogP contribution is -2.53. The fourth-order valence-electron chi connectivity index (χ4n) is 4.70. The summed E-state index contributed by atoms with van der Waals surface area (Å²) in [5, 5.41) is 5.81. The molecule has 7 nitrogen and oxygen atoms in total. The Morgan fingerprint density at radius 2 is 1.54 bits per heavy atom. The summed E-state index contributed by atoms with van der Waals surface area (Å²) in [6.07, 6.45) is 4.23. The minimum atomic E-state index is -0.967. The van der Waals surface area contributed by atoms with Crippen LogP contribution in [0.15, 0.2) is 36.4 Å². The van der Waals surface area contributed by atoms with Crippen molar-refractivity contribution in [1.29, 1.82) is 0 Å². The van der Waals surface area contributed by atoms with Crippen LogP contribution < -0.4 is 10.6 Å². The summed E-state index contributed by atoms with van der Waals surface area (Å²) in [7, 11) is 0. The Balaban J connectivity index is 2.55. The van der Waals surface area contributed by atoms with E-state index in [-0.39, 0.29) is 17.6 Å². The normalized spacial score (nSPS) is 12.8. The molecule has 0 fully saturated rings. The highest BCUT2D eigenvalue weighted by molar-refractivity contribution is 7.80. The minimum Gasteiger partial charge on any atom is -0.444 e. The minimum absolute atomic E-state index is 0.0581. The highest BCUT2D eigenvalue weighted by Crippen LogP contribution is 2.29. The zero-order chi connectivity index (χ0) is 30.7. The average Bonchev–Trinajstić information content (AvgIpc) is 2.89. The second-order valence-corrected chi connectivity index (χ2v) is 12.2. The van der Waals surface area contributed by atoms with Gasteiger partial charge in [-0.05, 0) is 82.7 Å². The van der Waals surface area contributed by atoms with E-state index in [1.807, 2.05) is 64.1 Å². The first-order chi connectivity index (χ1) is 19.3. The fraction of sp³-hybridized carbons (Fsp3) is 0.545. The van der Waals surface area contributed by atoms with Crippen LogP contribution in [0.2, 0.25) is 0 Å². The van der Waals surface area contributed by atoms with Crippen molar-refractivity contribution in [2.24, 2.45) is 0 Å². The topological polar surface area (TPSA) is 87.7 Å². The Hall–Kier alpha value is -3.00. The zero-order valence-electron chi connectivity index (χ0n) is 26.1. The fourth-order valence-corrected chi connectivity index (χ4v) is 4.95. The molecule has 2 N–H and O–H groups in total. The number of ether oxygens (including phenoxy) is 1. The van der Waals surface area contributed by atoms with Crippen LogP contribution in [0.5, 0.6) is 0 Å². The van der Waals surface area contributed by atoms with Gasteiger partial charge in [-0.2, -0.15) is 12.6 Å². The number of carbonyl (C=O) groups is 3. The summed E-state index contributed by atoms with van der Waals surface area (Å²) in [4.78, 5) is 42.6. The monoisotopic (exact) mass is 583 g/mol. The molecule has 0 aromatic heterocycles. The lowest BCUT2D eigenvalue weighted by Gasteiger charge is -2.34. The number of amides is 3. The molecular weight excluding hydrogens is 534 g/mol. The van der Waals surface area contributed by atoms with Gasteiger partial charge in [-0.15, -0.1) is 0 Å².